The van der Waals surface area contributed by atoms with Crippen LogP contribution in [0.4, 0.5) is 0 Å². The predicted molar refractivity (Wildman–Crippen MR) is 171 cm³/mol. The van der Waals surface area contributed by atoms with Gasteiger partial charge < -0.3 is 42.5 Å². The first-order valence-corrected chi connectivity index (χ1v) is 18.6. The van der Waals surface area contributed by atoms with E-state index < -0.39 is 0 Å². The van der Waals surface area contributed by atoms with E-state index in [2.05, 4.69) is 56.4 Å². The maximum absolute atomic E-state index is 4.15. The van der Waals surface area contributed by atoms with E-state index in [1.807, 2.05) is 0 Å². The molecular formula is C34H62N8. The van der Waals surface area contributed by atoms with Gasteiger partial charge in [-0.25, -0.2) is 0 Å². The zero-order valence-electron chi connectivity index (χ0n) is 26.6. The zero-order chi connectivity index (χ0) is 28.2. The topological polar surface area (TPSA) is 96.2 Å². The minimum absolute atomic E-state index is 0.654. The van der Waals surface area contributed by atoms with Crippen LogP contribution in [0.3, 0.4) is 0 Å². The number of hydrogen-bond donors (Lipinski definition) is 8. The molecule has 8 rings (SSSR count). The molecule has 16 atom stereocenters. The Bertz CT molecular complexity index is 846. The number of nitrogens with one attached hydrogen (secondary N) is 8. The average Bonchev–Trinajstić information content (AvgIpc) is 3.81. The first-order chi connectivity index (χ1) is 20.6. The molecule has 0 amide bonds. The fourth-order valence-corrected chi connectivity index (χ4v) is 11.2. The summed E-state index contributed by atoms with van der Waals surface area (Å²) in [6.45, 7) is 4.69. The van der Waals surface area contributed by atoms with Crippen LogP contribution in [0.15, 0.2) is 0 Å². The Morgan fingerprint density at radius 2 is 0.357 bits per heavy atom. The van der Waals surface area contributed by atoms with E-state index in [1.165, 1.54) is 103 Å². The van der Waals surface area contributed by atoms with Crippen LogP contribution in [-0.4, -0.2) is 96.7 Å². The van der Waals surface area contributed by atoms with E-state index in [9.17, 15) is 0 Å². The largest absolute Gasteiger partial charge is 0.310 e. The van der Waals surface area contributed by atoms with Gasteiger partial charge >= 0.3 is 0 Å². The summed E-state index contributed by atoms with van der Waals surface area (Å²) >= 11 is 0. The Morgan fingerprint density at radius 3 is 0.500 bits per heavy atom. The predicted octanol–water partition coefficient (Wildman–Crippen LogP) is 1.99. The second-order valence-electron chi connectivity index (χ2n) is 16.2. The van der Waals surface area contributed by atoms with Gasteiger partial charge in [-0.1, -0.05) is 0 Å². The highest BCUT2D eigenvalue weighted by atomic mass is 15.2. The van der Waals surface area contributed by atoms with Gasteiger partial charge in [-0.3, -0.25) is 0 Å². The van der Waals surface area contributed by atoms with E-state index in [1.54, 1.807) is 0 Å². The maximum Gasteiger partial charge on any atom is 0.0225 e. The smallest absolute Gasteiger partial charge is 0.0225 e. The Kier molecular flexibility index (Phi) is 8.64. The molecule has 8 nitrogen and oxygen atoms in total. The molecule has 0 aliphatic carbocycles. The summed E-state index contributed by atoms with van der Waals surface area (Å²) in [6, 6.07) is 10.8. The van der Waals surface area contributed by atoms with Crippen molar-refractivity contribution in [2.24, 2.45) is 0 Å². The highest BCUT2D eigenvalue weighted by Crippen LogP contribution is 2.33. The van der Waals surface area contributed by atoms with Crippen LogP contribution >= 0.6 is 0 Å². The molecule has 42 heavy (non-hydrogen) atoms. The molecule has 8 aliphatic heterocycles. The molecule has 8 aliphatic rings. The molecule has 0 aromatic heterocycles. The van der Waals surface area contributed by atoms with Crippen molar-refractivity contribution in [2.75, 3.05) is 0 Å². The Hall–Kier alpha value is -0.320. The van der Waals surface area contributed by atoms with Gasteiger partial charge in [-0.15, -0.1) is 0 Å². The van der Waals surface area contributed by atoms with Crippen molar-refractivity contribution < 1.29 is 0 Å². The van der Waals surface area contributed by atoms with Gasteiger partial charge in [0.1, 0.15) is 0 Å². The Balaban J connectivity index is 0.765. The third-order valence-electron chi connectivity index (χ3n) is 13.5. The van der Waals surface area contributed by atoms with Gasteiger partial charge in [0.05, 0.1) is 0 Å². The average molecular weight is 583 g/mol. The number of rotatable bonds is 7. The van der Waals surface area contributed by atoms with Crippen molar-refractivity contribution in [1.29, 1.82) is 0 Å². The summed E-state index contributed by atoms with van der Waals surface area (Å²) in [7, 11) is 0. The minimum atomic E-state index is 0.654. The van der Waals surface area contributed by atoms with E-state index in [0.29, 0.717) is 96.7 Å². The molecule has 8 saturated heterocycles. The Labute approximate surface area is 255 Å². The first kappa shape index (κ1) is 29.1. The van der Waals surface area contributed by atoms with Crippen LogP contribution in [-0.2, 0) is 0 Å². The van der Waals surface area contributed by atoms with Crippen LogP contribution in [0.2, 0.25) is 0 Å². The summed E-state index contributed by atoms with van der Waals surface area (Å²) in [4.78, 5) is 0. The third kappa shape index (κ3) is 5.97. The lowest BCUT2D eigenvalue weighted by molar-refractivity contribution is 0.340. The Morgan fingerprint density at radius 1 is 0.214 bits per heavy atom. The molecule has 0 saturated carbocycles. The van der Waals surface area contributed by atoms with Gasteiger partial charge in [0, 0.05) is 96.7 Å². The lowest BCUT2D eigenvalue weighted by atomic mass is 10.0. The van der Waals surface area contributed by atoms with Gasteiger partial charge in [-0.05, 0) is 117 Å². The van der Waals surface area contributed by atoms with E-state index >= 15 is 0 Å². The van der Waals surface area contributed by atoms with Crippen LogP contribution in [0.1, 0.15) is 117 Å². The van der Waals surface area contributed by atoms with Crippen LogP contribution < -0.4 is 42.5 Å². The molecule has 8 N–H and O–H groups in total. The van der Waals surface area contributed by atoms with Crippen molar-refractivity contribution in [1.82, 2.24) is 42.5 Å². The van der Waals surface area contributed by atoms with Crippen LogP contribution in [0.5, 0.6) is 0 Å². The second-order valence-corrected chi connectivity index (χ2v) is 16.2. The molecule has 8 heterocycles. The fourth-order valence-electron chi connectivity index (χ4n) is 11.2. The minimum Gasteiger partial charge on any atom is -0.310 e. The van der Waals surface area contributed by atoms with Crippen LogP contribution in [0, 0.1) is 0 Å². The summed E-state index contributed by atoms with van der Waals surface area (Å²) in [5, 5.41) is 32.3. The molecule has 238 valence electrons. The first-order valence-electron chi connectivity index (χ1n) is 18.6. The summed E-state index contributed by atoms with van der Waals surface area (Å²) in [5.41, 5.74) is 0. The quantitative estimate of drug-likeness (QED) is 0.231. The summed E-state index contributed by atoms with van der Waals surface area (Å²) in [5.74, 6) is 0. The van der Waals surface area contributed by atoms with Crippen molar-refractivity contribution in [3.05, 3.63) is 0 Å². The van der Waals surface area contributed by atoms with Crippen molar-refractivity contribution in [3.8, 4) is 0 Å². The molecule has 0 spiro atoms. The molecule has 0 aromatic carbocycles. The van der Waals surface area contributed by atoms with Crippen molar-refractivity contribution in [3.63, 3.8) is 0 Å². The summed E-state index contributed by atoms with van der Waals surface area (Å²) < 4.78 is 0. The molecule has 0 aromatic rings. The standard InChI is InChI=1S/C34H62N8/c1-19-3-5-21(35-19)23-7-9-25(37-23)27-11-13-29(39-27)31-15-17-33(41-31)34-18-16-32(42-34)30-14-12-28(40-30)26-10-8-24(38-26)22-6-4-20(2)36-22/h19-42H,3-18H2,1-2H3. The molecule has 0 radical (unpaired) electrons. The monoisotopic (exact) mass is 583 g/mol. The summed E-state index contributed by atoms with van der Waals surface area (Å²) in [6.07, 6.45) is 21.5. The van der Waals surface area contributed by atoms with Gasteiger partial charge in [0.15, 0.2) is 0 Å². The van der Waals surface area contributed by atoms with Crippen molar-refractivity contribution in [2.45, 2.75) is 213 Å². The van der Waals surface area contributed by atoms with E-state index in [4.69, 9.17) is 0 Å². The fraction of sp³-hybridized carbons (Fsp3) is 1.00. The van der Waals surface area contributed by atoms with Crippen LogP contribution in [0.25, 0.3) is 0 Å². The van der Waals surface area contributed by atoms with E-state index in [-0.39, 0.29) is 0 Å². The SMILES string of the molecule is CC1CCC(C2CCC(C3CCC(C4CCC(C5CCC(C6CCC(C7CCC(C8CCC(C)N8)N7)N6)N5)N4)N3)N2)N1. The maximum atomic E-state index is 4.15. The molecule has 8 fully saturated rings. The normalized spacial score (nSPS) is 55.0. The molecule has 8 heteroatoms. The van der Waals surface area contributed by atoms with Crippen molar-refractivity contribution >= 4 is 0 Å². The van der Waals surface area contributed by atoms with Gasteiger partial charge in [0.2, 0.25) is 0 Å². The third-order valence-corrected chi connectivity index (χ3v) is 13.5. The highest BCUT2D eigenvalue weighted by molar-refractivity contribution is 5.08. The van der Waals surface area contributed by atoms with Gasteiger partial charge in [0.25, 0.3) is 0 Å². The zero-order valence-corrected chi connectivity index (χ0v) is 26.6. The highest BCUT2D eigenvalue weighted by Gasteiger charge is 2.45. The van der Waals surface area contributed by atoms with Gasteiger partial charge in [-0.2, -0.15) is 0 Å². The molecular weight excluding hydrogens is 520 g/mol. The second kappa shape index (κ2) is 12.5. The lowest BCUT2D eigenvalue weighted by Crippen LogP contribution is -2.55. The molecule has 16 unspecified atom stereocenters. The number of hydrogen-bond acceptors (Lipinski definition) is 8. The molecule has 0 bridgehead atoms. The lowest BCUT2D eigenvalue weighted by Gasteiger charge is -2.28. The van der Waals surface area contributed by atoms with E-state index in [0.717, 1.165) is 0 Å².